The third-order valence-electron chi connectivity index (χ3n) is 2.76. The molecule has 98 valence electrons. The van der Waals surface area contributed by atoms with Crippen molar-refractivity contribution in [3.8, 4) is 11.5 Å². The van der Waals surface area contributed by atoms with Crippen LogP contribution >= 0.6 is 15.9 Å². The molecule has 19 heavy (non-hydrogen) atoms. The topological polar surface area (TPSA) is 94.0 Å². The van der Waals surface area contributed by atoms with E-state index in [0.29, 0.717) is 11.3 Å². The number of nitrogen functional groups attached to an aromatic ring is 1. The molecule has 1 aromatic heterocycles. The highest BCUT2D eigenvalue weighted by molar-refractivity contribution is 9.10. The average molecular weight is 323 g/mol. The summed E-state index contributed by atoms with van der Waals surface area (Å²) in [7, 11) is 0. The van der Waals surface area contributed by atoms with E-state index in [0.717, 1.165) is 17.3 Å². The van der Waals surface area contributed by atoms with E-state index in [4.69, 9.17) is 10.3 Å². The van der Waals surface area contributed by atoms with Crippen LogP contribution in [0.1, 0.15) is 23.5 Å². The smallest absolute Gasteiger partial charge is 0.292 e. The zero-order valence-corrected chi connectivity index (χ0v) is 11.5. The van der Waals surface area contributed by atoms with E-state index in [2.05, 4.69) is 31.4 Å². The van der Waals surface area contributed by atoms with Gasteiger partial charge in [-0.15, -0.1) is 0 Å². The second-order valence-electron chi connectivity index (χ2n) is 4.41. The number of carbonyl (C=O) groups excluding carboxylic acids is 1. The maximum absolute atomic E-state index is 11.8. The summed E-state index contributed by atoms with van der Waals surface area (Å²) >= 11 is 3.38. The molecule has 1 aliphatic carbocycles. The molecule has 3 rings (SSSR count). The Balaban J connectivity index is 1.87. The molecular formula is C12H11BrN4O2. The molecule has 1 amide bonds. The molecule has 6 nitrogen and oxygen atoms in total. The molecule has 1 heterocycles. The third-order valence-corrected chi connectivity index (χ3v) is 3.45. The molecule has 0 unspecified atom stereocenters. The molecule has 0 spiro atoms. The highest BCUT2D eigenvalue weighted by atomic mass is 79.9. The van der Waals surface area contributed by atoms with Crippen LogP contribution in [0.2, 0.25) is 0 Å². The number of aromatic nitrogens is 2. The minimum absolute atomic E-state index is 0.0382. The number of benzene rings is 1. The Kier molecular flexibility index (Phi) is 2.98. The van der Waals surface area contributed by atoms with Crippen molar-refractivity contribution in [1.29, 1.82) is 0 Å². The molecule has 0 saturated heterocycles. The maximum Gasteiger partial charge on any atom is 0.292 e. The lowest BCUT2D eigenvalue weighted by molar-refractivity contribution is 0.0937. The van der Waals surface area contributed by atoms with E-state index in [9.17, 15) is 4.79 Å². The summed E-state index contributed by atoms with van der Waals surface area (Å²) in [6, 6.07) is 5.51. The van der Waals surface area contributed by atoms with Gasteiger partial charge in [0.05, 0.1) is 5.56 Å². The highest BCUT2D eigenvalue weighted by Gasteiger charge is 2.26. The first-order valence-corrected chi connectivity index (χ1v) is 6.63. The molecule has 0 aliphatic heterocycles. The van der Waals surface area contributed by atoms with E-state index >= 15 is 0 Å². The number of nitrogens with zero attached hydrogens (tertiary/aromatic N) is 2. The van der Waals surface area contributed by atoms with Crippen LogP contribution in [0.15, 0.2) is 27.2 Å². The van der Waals surface area contributed by atoms with Crippen molar-refractivity contribution in [3.05, 3.63) is 28.5 Å². The van der Waals surface area contributed by atoms with Crippen LogP contribution < -0.4 is 11.1 Å². The fourth-order valence-corrected chi connectivity index (χ4v) is 2.03. The summed E-state index contributed by atoms with van der Waals surface area (Å²) in [4.78, 5) is 15.8. The molecule has 7 heteroatoms. The van der Waals surface area contributed by atoms with Gasteiger partial charge in [0, 0.05) is 16.2 Å². The number of nitrogens with two attached hydrogens (primary N) is 1. The standard InChI is InChI=1S/C12H11BrN4O2/c13-9-4-1-6(14)5-8(9)12-16-10(17-19-12)11(18)15-7-2-3-7/h1,4-5,7H,2-3,14H2,(H,15,18). The SMILES string of the molecule is Nc1ccc(Br)c(-c2nc(C(=O)NC3CC3)no2)c1. The zero-order chi connectivity index (χ0) is 13.4. The van der Waals surface area contributed by atoms with Gasteiger partial charge in [0.25, 0.3) is 17.6 Å². The van der Waals surface area contributed by atoms with Crippen molar-refractivity contribution in [3.63, 3.8) is 0 Å². The van der Waals surface area contributed by atoms with Gasteiger partial charge in [0.1, 0.15) is 0 Å². The lowest BCUT2D eigenvalue weighted by Crippen LogP contribution is -2.26. The highest BCUT2D eigenvalue weighted by Crippen LogP contribution is 2.29. The van der Waals surface area contributed by atoms with Gasteiger partial charge >= 0.3 is 0 Å². The lowest BCUT2D eigenvalue weighted by atomic mass is 10.2. The second-order valence-corrected chi connectivity index (χ2v) is 5.26. The fraction of sp³-hybridized carbons (Fsp3) is 0.250. The van der Waals surface area contributed by atoms with E-state index in [1.807, 2.05) is 0 Å². The fourth-order valence-electron chi connectivity index (χ4n) is 1.61. The van der Waals surface area contributed by atoms with Gasteiger partial charge < -0.3 is 15.6 Å². The van der Waals surface area contributed by atoms with Gasteiger partial charge in [-0.05, 0) is 47.0 Å². The van der Waals surface area contributed by atoms with Crippen LogP contribution in [0, 0.1) is 0 Å². The van der Waals surface area contributed by atoms with Gasteiger partial charge in [-0.3, -0.25) is 4.79 Å². The number of anilines is 1. The van der Waals surface area contributed by atoms with Crippen LogP contribution in [-0.2, 0) is 0 Å². The van der Waals surface area contributed by atoms with Gasteiger partial charge in [-0.1, -0.05) is 5.16 Å². The summed E-state index contributed by atoms with van der Waals surface area (Å²) in [6.07, 6.45) is 2.02. The van der Waals surface area contributed by atoms with Crippen LogP contribution in [0.4, 0.5) is 5.69 Å². The molecule has 3 N–H and O–H groups in total. The Morgan fingerprint density at radius 2 is 2.26 bits per heavy atom. The number of hydrogen-bond acceptors (Lipinski definition) is 5. The summed E-state index contributed by atoms with van der Waals surface area (Å²) in [5.41, 5.74) is 6.96. The summed E-state index contributed by atoms with van der Waals surface area (Å²) in [5, 5.41) is 6.48. The molecule has 1 aliphatic rings. The van der Waals surface area contributed by atoms with Gasteiger partial charge in [0.15, 0.2) is 0 Å². The van der Waals surface area contributed by atoms with E-state index in [-0.39, 0.29) is 23.7 Å². The first-order valence-electron chi connectivity index (χ1n) is 5.83. The Bertz CT molecular complexity index is 636. The normalized spacial score (nSPS) is 14.4. The molecule has 0 bridgehead atoms. The monoisotopic (exact) mass is 322 g/mol. The predicted molar refractivity (Wildman–Crippen MR) is 72.3 cm³/mol. The first kappa shape index (κ1) is 12.2. The second kappa shape index (κ2) is 4.65. The summed E-state index contributed by atoms with van der Waals surface area (Å²) in [6.45, 7) is 0. The van der Waals surface area contributed by atoms with E-state index < -0.39 is 0 Å². The minimum atomic E-state index is -0.308. The van der Waals surface area contributed by atoms with Crippen LogP contribution in [0.5, 0.6) is 0 Å². The molecule has 1 saturated carbocycles. The zero-order valence-electron chi connectivity index (χ0n) is 9.89. The number of rotatable bonds is 3. The van der Waals surface area contributed by atoms with Crippen LogP contribution in [0.25, 0.3) is 11.5 Å². The molecular weight excluding hydrogens is 312 g/mol. The number of hydrogen-bond donors (Lipinski definition) is 2. The van der Waals surface area contributed by atoms with Crippen molar-refractivity contribution in [2.45, 2.75) is 18.9 Å². The van der Waals surface area contributed by atoms with Gasteiger partial charge in [0.2, 0.25) is 0 Å². The lowest BCUT2D eigenvalue weighted by Gasteiger charge is -2.00. The number of amides is 1. The van der Waals surface area contributed by atoms with Crippen molar-refractivity contribution in [2.24, 2.45) is 0 Å². The van der Waals surface area contributed by atoms with Gasteiger partial charge in [-0.2, -0.15) is 4.98 Å². The first-order chi connectivity index (χ1) is 9.13. The predicted octanol–water partition coefficient (Wildman–Crippen LogP) is 1.97. The van der Waals surface area contributed by atoms with Crippen molar-refractivity contribution >= 4 is 27.5 Å². The average Bonchev–Trinajstić information content (AvgIpc) is 3.06. The van der Waals surface area contributed by atoms with Crippen LogP contribution in [-0.4, -0.2) is 22.1 Å². The molecule has 0 radical (unpaired) electrons. The van der Waals surface area contributed by atoms with Crippen LogP contribution in [0.3, 0.4) is 0 Å². The number of nitrogens with one attached hydrogen (secondary N) is 1. The molecule has 0 atom stereocenters. The Hall–Kier alpha value is -1.89. The molecule has 1 aromatic carbocycles. The van der Waals surface area contributed by atoms with Crippen molar-refractivity contribution in [2.75, 3.05) is 5.73 Å². The third kappa shape index (κ3) is 2.60. The number of halogens is 1. The molecule has 2 aromatic rings. The summed E-state index contributed by atoms with van der Waals surface area (Å²) < 4.78 is 5.88. The Morgan fingerprint density at radius 3 is 3.00 bits per heavy atom. The van der Waals surface area contributed by atoms with Crippen molar-refractivity contribution < 1.29 is 9.32 Å². The quantitative estimate of drug-likeness (QED) is 0.842. The van der Waals surface area contributed by atoms with Crippen molar-refractivity contribution in [1.82, 2.24) is 15.5 Å². The Morgan fingerprint density at radius 1 is 1.47 bits per heavy atom. The van der Waals surface area contributed by atoms with Gasteiger partial charge in [-0.25, -0.2) is 0 Å². The van der Waals surface area contributed by atoms with E-state index in [1.54, 1.807) is 18.2 Å². The molecule has 1 fully saturated rings. The largest absolute Gasteiger partial charge is 0.399 e. The Labute approximate surface area is 117 Å². The summed E-state index contributed by atoms with van der Waals surface area (Å²) in [5.74, 6) is -0.00567. The maximum atomic E-state index is 11.8. The van der Waals surface area contributed by atoms with E-state index in [1.165, 1.54) is 0 Å². The number of carbonyl (C=O) groups is 1. The minimum Gasteiger partial charge on any atom is -0.399 e.